The van der Waals surface area contributed by atoms with E-state index in [0.717, 1.165) is 0 Å². The van der Waals surface area contributed by atoms with Crippen molar-refractivity contribution in [2.45, 2.75) is 0 Å². The molecule has 5 heteroatoms. The monoisotopic (exact) mass is 280 g/mol. The van der Waals surface area contributed by atoms with E-state index in [4.69, 9.17) is 21.4 Å². The molecule has 0 fully saturated rings. The Morgan fingerprint density at radius 1 is 1.21 bits per heavy atom. The Labute approximate surface area is 114 Å². The number of hydrogen-bond donors (Lipinski definition) is 1. The maximum atomic E-state index is 13.8. The fourth-order valence-corrected chi connectivity index (χ4v) is 1.92. The van der Waals surface area contributed by atoms with Crippen LogP contribution in [0.25, 0.3) is 11.1 Å². The average molecular weight is 281 g/mol. The van der Waals surface area contributed by atoms with Gasteiger partial charge in [0, 0.05) is 16.1 Å². The Balaban J connectivity index is 2.63. The lowest BCUT2D eigenvalue weighted by molar-refractivity contribution is 0.0697. The van der Waals surface area contributed by atoms with Crippen molar-refractivity contribution in [2.75, 3.05) is 7.11 Å². The van der Waals surface area contributed by atoms with Crippen LogP contribution in [0.4, 0.5) is 4.39 Å². The molecule has 0 saturated carbocycles. The van der Waals surface area contributed by atoms with Gasteiger partial charge in [0.05, 0.1) is 12.7 Å². The van der Waals surface area contributed by atoms with Gasteiger partial charge in [-0.1, -0.05) is 11.6 Å². The molecule has 0 bridgehead atoms. The summed E-state index contributed by atoms with van der Waals surface area (Å²) in [5.41, 5.74) is 0.562. The molecule has 0 atom stereocenters. The Morgan fingerprint density at radius 3 is 2.58 bits per heavy atom. The molecular formula is C14H10ClFO3. The summed E-state index contributed by atoms with van der Waals surface area (Å²) in [7, 11) is 1.46. The summed E-state index contributed by atoms with van der Waals surface area (Å²) in [6, 6.07) is 8.34. The van der Waals surface area contributed by atoms with Crippen molar-refractivity contribution in [3.63, 3.8) is 0 Å². The predicted molar refractivity (Wildman–Crippen MR) is 70.4 cm³/mol. The molecule has 19 heavy (non-hydrogen) atoms. The molecule has 0 saturated heterocycles. The number of carboxylic acid groups (broad SMARTS) is 1. The zero-order chi connectivity index (χ0) is 14.0. The summed E-state index contributed by atoms with van der Waals surface area (Å²) in [6.07, 6.45) is 0. The highest BCUT2D eigenvalue weighted by Gasteiger charge is 2.13. The van der Waals surface area contributed by atoms with Gasteiger partial charge in [-0.2, -0.15) is 0 Å². The molecule has 0 aromatic heterocycles. The molecule has 0 unspecified atom stereocenters. The van der Waals surface area contributed by atoms with Crippen LogP contribution in [0.15, 0.2) is 36.4 Å². The van der Waals surface area contributed by atoms with Gasteiger partial charge in [0.25, 0.3) is 0 Å². The first-order chi connectivity index (χ1) is 9.02. The SMILES string of the molecule is COc1ccc(F)c(-c2cc(C(=O)O)ccc2Cl)c1. The van der Waals surface area contributed by atoms with Crippen LogP contribution >= 0.6 is 11.6 Å². The molecule has 0 aliphatic heterocycles. The van der Waals surface area contributed by atoms with Crippen molar-refractivity contribution in [2.24, 2.45) is 0 Å². The van der Waals surface area contributed by atoms with Crippen molar-refractivity contribution in [1.82, 2.24) is 0 Å². The van der Waals surface area contributed by atoms with Crippen LogP contribution in [-0.2, 0) is 0 Å². The molecule has 3 nitrogen and oxygen atoms in total. The van der Waals surface area contributed by atoms with E-state index in [0.29, 0.717) is 11.3 Å². The maximum absolute atomic E-state index is 13.8. The number of carbonyl (C=O) groups is 1. The lowest BCUT2D eigenvalue weighted by Crippen LogP contribution is -1.97. The molecular weight excluding hydrogens is 271 g/mol. The smallest absolute Gasteiger partial charge is 0.335 e. The van der Waals surface area contributed by atoms with Crippen LogP contribution in [0.1, 0.15) is 10.4 Å². The van der Waals surface area contributed by atoms with Crippen LogP contribution in [0.3, 0.4) is 0 Å². The third-order valence-corrected chi connectivity index (χ3v) is 3.01. The Hall–Kier alpha value is -2.07. The number of methoxy groups -OCH3 is 1. The molecule has 0 radical (unpaired) electrons. The van der Waals surface area contributed by atoms with Crippen LogP contribution in [0, 0.1) is 5.82 Å². The fourth-order valence-electron chi connectivity index (χ4n) is 1.70. The number of hydrogen-bond acceptors (Lipinski definition) is 2. The van der Waals surface area contributed by atoms with Crippen LogP contribution in [0.5, 0.6) is 5.75 Å². The summed E-state index contributed by atoms with van der Waals surface area (Å²) >= 11 is 6.00. The lowest BCUT2D eigenvalue weighted by Gasteiger charge is -2.09. The van der Waals surface area contributed by atoms with E-state index in [9.17, 15) is 9.18 Å². The predicted octanol–water partition coefficient (Wildman–Crippen LogP) is 3.85. The number of aromatic carboxylic acids is 1. The first kappa shape index (κ1) is 13.4. The van der Waals surface area contributed by atoms with E-state index in [-0.39, 0.29) is 16.1 Å². The zero-order valence-corrected chi connectivity index (χ0v) is 10.7. The van der Waals surface area contributed by atoms with Crippen LogP contribution < -0.4 is 4.74 Å². The lowest BCUT2D eigenvalue weighted by atomic mass is 10.0. The summed E-state index contributed by atoms with van der Waals surface area (Å²) in [4.78, 5) is 10.9. The van der Waals surface area contributed by atoms with Gasteiger partial charge in [0.1, 0.15) is 11.6 Å². The van der Waals surface area contributed by atoms with Crippen molar-refractivity contribution in [3.8, 4) is 16.9 Å². The topological polar surface area (TPSA) is 46.5 Å². The first-order valence-electron chi connectivity index (χ1n) is 5.39. The van der Waals surface area contributed by atoms with E-state index in [2.05, 4.69) is 0 Å². The van der Waals surface area contributed by atoms with Gasteiger partial charge in [-0.05, 0) is 36.4 Å². The molecule has 2 aromatic rings. The van der Waals surface area contributed by atoms with E-state index < -0.39 is 11.8 Å². The van der Waals surface area contributed by atoms with Gasteiger partial charge < -0.3 is 9.84 Å². The third kappa shape index (κ3) is 2.69. The maximum Gasteiger partial charge on any atom is 0.335 e. The van der Waals surface area contributed by atoms with Gasteiger partial charge in [0.2, 0.25) is 0 Å². The normalized spacial score (nSPS) is 10.3. The highest BCUT2D eigenvalue weighted by atomic mass is 35.5. The number of rotatable bonds is 3. The minimum absolute atomic E-state index is 0.0432. The second-order valence-corrected chi connectivity index (χ2v) is 4.25. The van der Waals surface area contributed by atoms with E-state index in [1.54, 1.807) is 0 Å². The average Bonchev–Trinajstić information content (AvgIpc) is 2.40. The van der Waals surface area contributed by atoms with Gasteiger partial charge in [-0.15, -0.1) is 0 Å². The number of benzene rings is 2. The largest absolute Gasteiger partial charge is 0.497 e. The van der Waals surface area contributed by atoms with Crippen molar-refractivity contribution in [3.05, 3.63) is 52.8 Å². The second kappa shape index (κ2) is 5.28. The summed E-state index contributed by atoms with van der Waals surface area (Å²) in [5, 5.41) is 9.23. The number of halogens is 2. The van der Waals surface area contributed by atoms with E-state index in [1.807, 2.05) is 0 Å². The van der Waals surface area contributed by atoms with Gasteiger partial charge >= 0.3 is 5.97 Å². The minimum atomic E-state index is -1.10. The van der Waals surface area contributed by atoms with Crippen LogP contribution in [0.2, 0.25) is 5.02 Å². The zero-order valence-electron chi connectivity index (χ0n) is 9.98. The van der Waals surface area contributed by atoms with Gasteiger partial charge in [-0.3, -0.25) is 0 Å². The molecule has 0 spiro atoms. The highest BCUT2D eigenvalue weighted by molar-refractivity contribution is 6.33. The summed E-state index contributed by atoms with van der Waals surface area (Å²) in [6.45, 7) is 0. The fraction of sp³-hybridized carbons (Fsp3) is 0.0714. The number of carboxylic acids is 1. The van der Waals surface area contributed by atoms with E-state index >= 15 is 0 Å². The first-order valence-corrected chi connectivity index (χ1v) is 5.77. The second-order valence-electron chi connectivity index (χ2n) is 3.85. The highest BCUT2D eigenvalue weighted by Crippen LogP contribution is 2.33. The molecule has 98 valence electrons. The van der Waals surface area contributed by atoms with E-state index in [1.165, 1.54) is 43.5 Å². The summed E-state index contributed by atoms with van der Waals surface area (Å²) < 4.78 is 18.9. The molecule has 0 amide bonds. The van der Waals surface area contributed by atoms with Gasteiger partial charge in [0.15, 0.2) is 0 Å². The van der Waals surface area contributed by atoms with Crippen molar-refractivity contribution in [1.29, 1.82) is 0 Å². The minimum Gasteiger partial charge on any atom is -0.497 e. The standard InChI is InChI=1S/C14H10ClFO3/c1-19-9-3-5-13(16)11(7-9)10-6-8(14(17)18)2-4-12(10)15/h2-7H,1H3,(H,17,18). The molecule has 0 aliphatic carbocycles. The molecule has 2 rings (SSSR count). The van der Waals surface area contributed by atoms with Crippen LogP contribution in [-0.4, -0.2) is 18.2 Å². The quantitative estimate of drug-likeness (QED) is 0.929. The third-order valence-electron chi connectivity index (χ3n) is 2.68. The molecule has 0 heterocycles. The van der Waals surface area contributed by atoms with Crippen molar-refractivity contribution >= 4 is 17.6 Å². The van der Waals surface area contributed by atoms with Crippen molar-refractivity contribution < 1.29 is 19.0 Å². The molecule has 1 N–H and O–H groups in total. The Kier molecular flexibility index (Phi) is 3.71. The Bertz CT molecular complexity index is 641. The molecule has 0 aliphatic rings. The summed E-state index contributed by atoms with van der Waals surface area (Å²) in [5.74, 6) is -1.13. The Morgan fingerprint density at radius 2 is 1.95 bits per heavy atom. The molecule has 2 aromatic carbocycles. The van der Waals surface area contributed by atoms with Gasteiger partial charge in [-0.25, -0.2) is 9.18 Å². The number of ether oxygens (including phenoxy) is 1.